The minimum Gasteiger partial charge on any atom is -0.349 e. The third-order valence-corrected chi connectivity index (χ3v) is 7.70. The minimum absolute atomic E-state index is 0.0706. The molecule has 0 radical (unpaired) electrons. The molecular formula is C26H32F5N9O2. The summed E-state index contributed by atoms with van der Waals surface area (Å²) in [6.07, 6.45) is -1.89. The highest BCUT2D eigenvalue weighted by molar-refractivity contribution is 5.90. The molecule has 2 amide bonds. The quantitative estimate of drug-likeness (QED) is 0.329. The van der Waals surface area contributed by atoms with E-state index in [4.69, 9.17) is 0 Å². The molecule has 16 heteroatoms. The Morgan fingerprint density at radius 1 is 1.07 bits per heavy atom. The van der Waals surface area contributed by atoms with Gasteiger partial charge in [-0.05, 0) is 68.2 Å². The van der Waals surface area contributed by atoms with Gasteiger partial charge >= 0.3 is 6.18 Å². The highest BCUT2D eigenvalue weighted by Crippen LogP contribution is 2.43. The van der Waals surface area contributed by atoms with E-state index in [1.165, 1.54) is 15.5 Å². The van der Waals surface area contributed by atoms with E-state index in [-0.39, 0.29) is 49.4 Å². The van der Waals surface area contributed by atoms with Gasteiger partial charge in [0, 0.05) is 19.3 Å². The summed E-state index contributed by atoms with van der Waals surface area (Å²) in [5, 5.41) is 21.7. The van der Waals surface area contributed by atoms with Crippen LogP contribution in [0.1, 0.15) is 105 Å². The van der Waals surface area contributed by atoms with Crippen molar-refractivity contribution in [3.63, 3.8) is 0 Å². The lowest BCUT2D eigenvalue weighted by molar-refractivity contribution is -0.144. The molecule has 0 unspecified atom stereocenters. The summed E-state index contributed by atoms with van der Waals surface area (Å²) in [7, 11) is 0. The van der Waals surface area contributed by atoms with Gasteiger partial charge in [0.05, 0.1) is 42.6 Å². The summed E-state index contributed by atoms with van der Waals surface area (Å²) >= 11 is 0. The Morgan fingerprint density at radius 2 is 1.76 bits per heavy atom. The molecule has 3 aromatic heterocycles. The molecule has 5 rings (SSSR count). The molecule has 0 spiro atoms. The molecule has 0 aromatic carbocycles. The van der Waals surface area contributed by atoms with Crippen molar-refractivity contribution >= 4 is 17.5 Å². The Balaban J connectivity index is 1.39. The number of carbonyl (C=O) groups excluding carboxylic acids is 2. The number of alkyl halides is 5. The molecule has 11 nitrogen and oxygen atoms in total. The van der Waals surface area contributed by atoms with Crippen molar-refractivity contribution < 1.29 is 31.5 Å². The molecule has 0 saturated heterocycles. The number of hydrogen-bond acceptors (Lipinski definition) is 7. The van der Waals surface area contributed by atoms with Crippen LogP contribution in [-0.4, -0.2) is 58.7 Å². The van der Waals surface area contributed by atoms with E-state index in [0.29, 0.717) is 16.9 Å². The van der Waals surface area contributed by atoms with Gasteiger partial charge in [-0.1, -0.05) is 0 Å². The fourth-order valence-electron chi connectivity index (χ4n) is 5.20. The van der Waals surface area contributed by atoms with E-state index in [2.05, 4.69) is 36.1 Å². The lowest BCUT2D eigenvalue weighted by atomic mass is 9.81. The summed E-state index contributed by atoms with van der Waals surface area (Å²) in [5.41, 5.74) is 1.37. The van der Waals surface area contributed by atoms with Crippen molar-refractivity contribution in [1.29, 1.82) is 0 Å². The van der Waals surface area contributed by atoms with Crippen molar-refractivity contribution in [1.82, 2.24) is 45.4 Å². The fourth-order valence-corrected chi connectivity index (χ4v) is 5.20. The number of halogens is 5. The highest BCUT2D eigenvalue weighted by Gasteiger charge is 2.40. The molecule has 2 fully saturated rings. The van der Waals surface area contributed by atoms with Crippen molar-refractivity contribution in [3.05, 3.63) is 35.5 Å². The number of aromatic nitrogens is 7. The summed E-state index contributed by atoms with van der Waals surface area (Å²) < 4.78 is 67.2. The molecule has 0 bridgehead atoms. The van der Waals surface area contributed by atoms with Crippen LogP contribution in [0.25, 0.3) is 5.65 Å². The topological polar surface area (TPSA) is 132 Å². The van der Waals surface area contributed by atoms with Crippen molar-refractivity contribution in [3.8, 4) is 0 Å². The maximum Gasteiger partial charge on any atom is 0.389 e. The van der Waals surface area contributed by atoms with Crippen molar-refractivity contribution in [2.24, 2.45) is 11.8 Å². The summed E-state index contributed by atoms with van der Waals surface area (Å²) in [5.74, 6) is -4.53. The second-order valence-electron chi connectivity index (χ2n) is 11.4. The van der Waals surface area contributed by atoms with Crippen LogP contribution in [0, 0.1) is 11.8 Å². The standard InChI is InChI=1S/C26H32F5N9O2/c1-14(2)40-37-23(36-38-40)24(42)35-22(16-5-8-25(27,28)9-6-16)18-13-39-19(33-18)11-17(12-32-39)21(15-3-4-15)34-20(41)7-10-26(29,30)31/h11-16,21-22H,3-10H2,1-2H3,(H,34,41)(H,35,42)/t21-,22+/m1/s1. The zero-order valence-electron chi connectivity index (χ0n) is 23.1. The van der Waals surface area contributed by atoms with Gasteiger partial charge in [-0.3, -0.25) is 9.59 Å². The molecule has 42 heavy (non-hydrogen) atoms. The molecule has 2 saturated carbocycles. The van der Waals surface area contributed by atoms with E-state index in [1.807, 2.05) is 13.8 Å². The SMILES string of the molecule is CC(C)n1nnc(C(=O)N[C@H](c2cn3ncc([C@H](NC(=O)CCC(F)(F)F)C4CC4)cc3n2)C2CCC(F)(F)CC2)n1. The van der Waals surface area contributed by atoms with E-state index in [9.17, 15) is 31.5 Å². The van der Waals surface area contributed by atoms with E-state index >= 15 is 0 Å². The van der Waals surface area contributed by atoms with Gasteiger partial charge < -0.3 is 10.6 Å². The van der Waals surface area contributed by atoms with Gasteiger partial charge in [0.2, 0.25) is 11.8 Å². The summed E-state index contributed by atoms with van der Waals surface area (Å²) in [6.45, 7) is 3.65. The number of tetrazole rings is 1. The maximum atomic E-state index is 14.0. The van der Waals surface area contributed by atoms with Crippen LogP contribution in [0.2, 0.25) is 0 Å². The third-order valence-electron chi connectivity index (χ3n) is 7.70. The second-order valence-corrected chi connectivity index (χ2v) is 11.4. The summed E-state index contributed by atoms with van der Waals surface area (Å²) in [4.78, 5) is 31.3. The van der Waals surface area contributed by atoms with E-state index in [1.54, 1.807) is 12.3 Å². The van der Waals surface area contributed by atoms with Crippen molar-refractivity contribution in [2.75, 3.05) is 0 Å². The highest BCUT2D eigenvalue weighted by atomic mass is 19.4. The predicted molar refractivity (Wildman–Crippen MR) is 137 cm³/mol. The number of fused-ring (bicyclic) bond motifs is 1. The monoisotopic (exact) mass is 597 g/mol. The first-order chi connectivity index (χ1) is 19.8. The second kappa shape index (κ2) is 11.5. The van der Waals surface area contributed by atoms with Gasteiger partial charge in [-0.15, -0.1) is 10.2 Å². The average Bonchev–Trinajstić information content (AvgIpc) is 3.46. The van der Waals surface area contributed by atoms with E-state index < -0.39 is 48.8 Å². The Morgan fingerprint density at radius 3 is 2.38 bits per heavy atom. The van der Waals surface area contributed by atoms with Gasteiger partial charge in [0.25, 0.3) is 11.7 Å². The van der Waals surface area contributed by atoms with Crippen LogP contribution >= 0.6 is 0 Å². The molecule has 2 aliphatic rings. The van der Waals surface area contributed by atoms with Crippen LogP contribution in [0.3, 0.4) is 0 Å². The van der Waals surface area contributed by atoms with Gasteiger partial charge in [-0.25, -0.2) is 18.3 Å². The number of amides is 2. The number of rotatable bonds is 10. The van der Waals surface area contributed by atoms with Crippen LogP contribution in [0.4, 0.5) is 22.0 Å². The minimum atomic E-state index is -4.43. The average molecular weight is 598 g/mol. The zero-order valence-corrected chi connectivity index (χ0v) is 23.1. The largest absolute Gasteiger partial charge is 0.389 e. The zero-order chi connectivity index (χ0) is 30.2. The number of nitrogens with zero attached hydrogens (tertiary/aromatic N) is 7. The molecule has 3 aromatic rings. The normalized spacial score (nSPS) is 19.1. The number of carbonyl (C=O) groups is 2. The Labute approximate surface area is 237 Å². The molecule has 0 aliphatic heterocycles. The van der Waals surface area contributed by atoms with Crippen LogP contribution in [0.15, 0.2) is 18.5 Å². The Bertz CT molecular complexity index is 1420. The molecule has 2 N–H and O–H groups in total. The lowest BCUT2D eigenvalue weighted by Gasteiger charge is -2.33. The maximum absolute atomic E-state index is 14.0. The molecular weight excluding hydrogens is 565 g/mol. The number of imidazole rings is 1. The summed E-state index contributed by atoms with van der Waals surface area (Å²) in [6, 6.07) is 0.302. The number of hydrogen-bond donors (Lipinski definition) is 2. The van der Waals surface area contributed by atoms with Crippen molar-refractivity contribution in [2.45, 2.75) is 95.4 Å². The molecule has 2 atom stereocenters. The molecule has 228 valence electrons. The van der Waals surface area contributed by atoms with E-state index in [0.717, 1.165) is 12.8 Å². The first kappa shape index (κ1) is 29.8. The molecule has 2 aliphatic carbocycles. The van der Waals surface area contributed by atoms with Crippen LogP contribution < -0.4 is 10.6 Å². The first-order valence-corrected chi connectivity index (χ1v) is 14.0. The lowest BCUT2D eigenvalue weighted by Crippen LogP contribution is -2.37. The fraction of sp³-hybridized carbons (Fsp3) is 0.654. The van der Waals surface area contributed by atoms with Crippen LogP contribution in [0.5, 0.6) is 0 Å². The van der Waals surface area contributed by atoms with Gasteiger partial charge in [0.15, 0.2) is 5.65 Å². The smallest absolute Gasteiger partial charge is 0.349 e. The predicted octanol–water partition coefficient (Wildman–Crippen LogP) is 4.50. The molecule has 3 heterocycles. The number of nitrogens with one attached hydrogen (secondary N) is 2. The van der Waals surface area contributed by atoms with Gasteiger partial charge in [-0.2, -0.15) is 23.1 Å². The van der Waals surface area contributed by atoms with Gasteiger partial charge in [0.1, 0.15) is 0 Å². The van der Waals surface area contributed by atoms with Crippen LogP contribution in [-0.2, 0) is 4.79 Å². The Kier molecular flexibility index (Phi) is 8.16. The third kappa shape index (κ3) is 7.18. The first-order valence-electron chi connectivity index (χ1n) is 14.0. The Hall–Kier alpha value is -3.72.